The maximum absolute atomic E-state index is 10.6. The number of nitrogens with one attached hydrogen (secondary N) is 1. The first-order chi connectivity index (χ1) is 9.46. The zero-order chi connectivity index (χ0) is 14.6. The van der Waals surface area contributed by atoms with Gasteiger partial charge < -0.3 is 5.32 Å². The quantitative estimate of drug-likeness (QED) is 0.635. The van der Waals surface area contributed by atoms with E-state index in [2.05, 4.69) is 35.6 Å². The molecule has 0 fully saturated rings. The zero-order valence-electron chi connectivity index (χ0n) is 11.4. The highest BCUT2D eigenvalue weighted by atomic mass is 32.2. The molecule has 0 amide bonds. The highest BCUT2D eigenvalue weighted by molar-refractivity contribution is 7.85. The van der Waals surface area contributed by atoms with Gasteiger partial charge in [-0.3, -0.25) is 4.55 Å². The van der Waals surface area contributed by atoms with Crippen molar-refractivity contribution in [3.05, 3.63) is 48.0 Å². The van der Waals surface area contributed by atoms with Gasteiger partial charge in [0.1, 0.15) is 0 Å². The topological polar surface area (TPSA) is 66.4 Å². The highest BCUT2D eigenvalue weighted by Crippen LogP contribution is 2.20. The van der Waals surface area contributed by atoms with Crippen LogP contribution in [0.5, 0.6) is 0 Å². The van der Waals surface area contributed by atoms with Crippen molar-refractivity contribution in [1.29, 1.82) is 0 Å². The molecule has 0 spiro atoms. The van der Waals surface area contributed by atoms with Crippen LogP contribution in [0.1, 0.15) is 24.9 Å². The smallest absolute Gasteiger partial charge is 0.264 e. The predicted octanol–water partition coefficient (Wildman–Crippen LogP) is 2.77. The number of fused-ring (bicyclic) bond motifs is 1. The van der Waals surface area contributed by atoms with Crippen LogP contribution in [0.4, 0.5) is 0 Å². The first-order valence-electron chi connectivity index (χ1n) is 6.63. The molecule has 0 saturated carbocycles. The molecule has 2 N–H and O–H groups in total. The van der Waals surface area contributed by atoms with Crippen LogP contribution in [-0.4, -0.2) is 25.3 Å². The Morgan fingerprint density at radius 1 is 1.15 bits per heavy atom. The molecule has 20 heavy (non-hydrogen) atoms. The SMILES string of the molecule is C[C@@H](NCCCS(=O)(=O)O)c1ccc2ccccc2c1. The molecule has 2 aromatic carbocycles. The van der Waals surface area contributed by atoms with Crippen molar-refractivity contribution in [3.8, 4) is 0 Å². The third kappa shape index (κ3) is 4.30. The highest BCUT2D eigenvalue weighted by Gasteiger charge is 2.07. The van der Waals surface area contributed by atoms with E-state index in [4.69, 9.17) is 4.55 Å². The van der Waals surface area contributed by atoms with Crippen LogP contribution in [0.2, 0.25) is 0 Å². The van der Waals surface area contributed by atoms with Gasteiger partial charge in [0.2, 0.25) is 0 Å². The summed E-state index contributed by atoms with van der Waals surface area (Å²) in [5.74, 6) is -0.204. The lowest BCUT2D eigenvalue weighted by atomic mass is 10.0. The van der Waals surface area contributed by atoms with Crippen molar-refractivity contribution in [2.75, 3.05) is 12.3 Å². The number of hydrogen-bond acceptors (Lipinski definition) is 3. The predicted molar refractivity (Wildman–Crippen MR) is 81.4 cm³/mol. The Morgan fingerprint density at radius 3 is 2.55 bits per heavy atom. The van der Waals surface area contributed by atoms with Gasteiger partial charge in [0.05, 0.1) is 5.75 Å². The van der Waals surface area contributed by atoms with Crippen LogP contribution in [0.15, 0.2) is 42.5 Å². The second-order valence-corrected chi connectivity index (χ2v) is 6.49. The van der Waals surface area contributed by atoms with Gasteiger partial charge in [-0.15, -0.1) is 0 Å². The average Bonchev–Trinajstić information content (AvgIpc) is 2.42. The maximum Gasteiger partial charge on any atom is 0.264 e. The molecule has 0 unspecified atom stereocenters. The fraction of sp³-hybridized carbons (Fsp3) is 0.333. The van der Waals surface area contributed by atoms with Gasteiger partial charge >= 0.3 is 0 Å². The molecule has 0 aliphatic heterocycles. The summed E-state index contributed by atoms with van der Waals surface area (Å²) in [5.41, 5.74) is 1.16. The number of hydrogen-bond donors (Lipinski definition) is 2. The molecule has 0 aromatic heterocycles. The van der Waals surface area contributed by atoms with Gasteiger partial charge in [-0.2, -0.15) is 8.42 Å². The fourth-order valence-corrected chi connectivity index (χ4v) is 2.68. The summed E-state index contributed by atoms with van der Waals surface area (Å²) in [4.78, 5) is 0. The van der Waals surface area contributed by atoms with Gasteiger partial charge in [0.25, 0.3) is 10.1 Å². The van der Waals surface area contributed by atoms with E-state index in [-0.39, 0.29) is 11.8 Å². The first-order valence-corrected chi connectivity index (χ1v) is 8.24. The maximum atomic E-state index is 10.6. The molecule has 0 saturated heterocycles. The fourth-order valence-electron chi connectivity index (χ4n) is 2.17. The Balaban J connectivity index is 1.95. The summed E-state index contributed by atoms with van der Waals surface area (Å²) >= 11 is 0. The molecule has 1 atom stereocenters. The molecule has 0 aliphatic carbocycles. The summed E-state index contributed by atoms with van der Waals surface area (Å²) in [6.07, 6.45) is 0.400. The normalized spacial score (nSPS) is 13.5. The van der Waals surface area contributed by atoms with Crippen molar-refractivity contribution in [2.24, 2.45) is 0 Å². The lowest BCUT2D eigenvalue weighted by Gasteiger charge is -2.14. The van der Waals surface area contributed by atoms with Crippen LogP contribution in [0.3, 0.4) is 0 Å². The van der Waals surface area contributed by atoms with Gasteiger partial charge in [0.15, 0.2) is 0 Å². The Bertz CT molecular complexity index is 682. The van der Waals surface area contributed by atoms with E-state index in [0.29, 0.717) is 13.0 Å². The first kappa shape index (κ1) is 15.0. The lowest BCUT2D eigenvalue weighted by Crippen LogP contribution is -2.21. The minimum absolute atomic E-state index is 0.140. The molecule has 0 heterocycles. The van der Waals surface area contributed by atoms with E-state index in [1.807, 2.05) is 19.1 Å². The van der Waals surface area contributed by atoms with Gasteiger partial charge in [-0.1, -0.05) is 36.4 Å². The second kappa shape index (κ2) is 6.35. The van der Waals surface area contributed by atoms with Crippen molar-refractivity contribution in [3.63, 3.8) is 0 Å². The molecule has 0 bridgehead atoms. The van der Waals surface area contributed by atoms with Gasteiger partial charge in [0, 0.05) is 6.04 Å². The Morgan fingerprint density at radius 2 is 1.85 bits per heavy atom. The summed E-state index contributed by atoms with van der Waals surface area (Å²) < 4.78 is 29.9. The minimum Gasteiger partial charge on any atom is -0.310 e. The van der Waals surface area contributed by atoms with E-state index in [1.165, 1.54) is 10.8 Å². The summed E-state index contributed by atoms with van der Waals surface area (Å²) in [6.45, 7) is 2.59. The Kier molecular flexibility index (Phi) is 4.75. The van der Waals surface area contributed by atoms with E-state index in [0.717, 1.165) is 5.56 Å². The number of rotatable bonds is 6. The molecular weight excluding hydrogens is 274 g/mol. The Labute approximate surface area is 119 Å². The molecule has 4 nitrogen and oxygen atoms in total. The number of benzene rings is 2. The lowest BCUT2D eigenvalue weighted by molar-refractivity contribution is 0.477. The van der Waals surface area contributed by atoms with Crippen LogP contribution in [0.25, 0.3) is 10.8 Å². The summed E-state index contributed by atoms with van der Waals surface area (Å²) in [7, 11) is -3.86. The molecule has 2 rings (SSSR count). The second-order valence-electron chi connectivity index (χ2n) is 4.92. The molecule has 0 radical (unpaired) electrons. The van der Waals surface area contributed by atoms with Gasteiger partial charge in [-0.05, 0) is 42.3 Å². The zero-order valence-corrected chi connectivity index (χ0v) is 12.2. The molecule has 108 valence electrons. The van der Waals surface area contributed by atoms with E-state index in [1.54, 1.807) is 0 Å². The largest absolute Gasteiger partial charge is 0.310 e. The monoisotopic (exact) mass is 293 g/mol. The van der Waals surface area contributed by atoms with Crippen molar-refractivity contribution in [1.82, 2.24) is 5.32 Å². The summed E-state index contributed by atoms with van der Waals surface area (Å²) in [6, 6.07) is 14.6. The molecule has 2 aromatic rings. The van der Waals surface area contributed by atoms with Crippen molar-refractivity contribution < 1.29 is 13.0 Å². The van der Waals surface area contributed by atoms with Crippen LogP contribution in [-0.2, 0) is 10.1 Å². The summed E-state index contributed by atoms with van der Waals surface area (Å²) in [5, 5.41) is 5.66. The average molecular weight is 293 g/mol. The van der Waals surface area contributed by atoms with Crippen LogP contribution in [0, 0.1) is 0 Å². The van der Waals surface area contributed by atoms with Crippen LogP contribution < -0.4 is 5.32 Å². The molecular formula is C15H19NO3S. The van der Waals surface area contributed by atoms with Crippen molar-refractivity contribution >= 4 is 20.9 Å². The van der Waals surface area contributed by atoms with Crippen LogP contribution >= 0.6 is 0 Å². The third-order valence-corrected chi connectivity index (χ3v) is 4.11. The van der Waals surface area contributed by atoms with E-state index >= 15 is 0 Å². The Hall–Kier alpha value is -1.43. The van der Waals surface area contributed by atoms with E-state index in [9.17, 15) is 8.42 Å². The molecule has 5 heteroatoms. The van der Waals surface area contributed by atoms with E-state index < -0.39 is 10.1 Å². The minimum atomic E-state index is -3.86. The molecule has 0 aliphatic rings. The van der Waals surface area contributed by atoms with Crippen molar-refractivity contribution in [2.45, 2.75) is 19.4 Å². The third-order valence-electron chi connectivity index (χ3n) is 3.30. The van der Waals surface area contributed by atoms with Gasteiger partial charge in [-0.25, -0.2) is 0 Å². The standard InChI is InChI=1S/C15H19NO3S/c1-12(16-9-4-10-20(17,18)19)14-8-7-13-5-2-3-6-15(13)11-14/h2-3,5-8,11-12,16H,4,9-10H2,1H3,(H,17,18,19)/t12-/m1/s1.